The van der Waals surface area contributed by atoms with E-state index in [4.69, 9.17) is 21.7 Å². The average Bonchev–Trinajstić information content (AvgIpc) is 3.12. The summed E-state index contributed by atoms with van der Waals surface area (Å²) in [7, 11) is 1.33. The molecule has 3 rings (SSSR count). The Labute approximate surface area is 214 Å². The van der Waals surface area contributed by atoms with Gasteiger partial charge in [0.15, 0.2) is 0 Å². The number of methoxy groups -OCH3 is 1. The normalized spacial score (nSPS) is 14.3. The molecule has 184 valence electrons. The average molecular weight is 513 g/mol. The summed E-state index contributed by atoms with van der Waals surface area (Å²) < 4.78 is 10.8. The van der Waals surface area contributed by atoms with Crippen molar-refractivity contribution >= 4 is 57.8 Å². The van der Waals surface area contributed by atoms with Gasteiger partial charge in [0, 0.05) is 13.0 Å². The van der Waals surface area contributed by atoms with Crippen molar-refractivity contribution in [2.24, 2.45) is 0 Å². The van der Waals surface area contributed by atoms with E-state index in [0.29, 0.717) is 52.2 Å². The first-order valence-corrected chi connectivity index (χ1v) is 12.6. The Balaban J connectivity index is 1.44. The standard InChI is InChI=1S/C26H28N2O5S2/c1-3-33-21-10-7-6-9-20(21)27-23(29)11-5-4-8-16-28-24(30)22(35-26(28)34)17-18-12-14-19(15-13-18)25(31)32-2/h6-7,9-10,12-15,17H,3-5,8,11,16H2,1-2H3,(H,27,29). The van der Waals surface area contributed by atoms with E-state index in [0.717, 1.165) is 18.4 Å². The number of nitrogens with one attached hydrogen (secondary N) is 1. The first kappa shape index (κ1) is 26.4. The molecule has 0 radical (unpaired) electrons. The quantitative estimate of drug-likeness (QED) is 0.190. The molecule has 2 amide bonds. The van der Waals surface area contributed by atoms with E-state index in [1.165, 1.54) is 18.9 Å². The Hall–Kier alpha value is -3.17. The van der Waals surface area contributed by atoms with Gasteiger partial charge in [-0.05, 0) is 55.7 Å². The molecule has 1 heterocycles. The summed E-state index contributed by atoms with van der Waals surface area (Å²) in [5.74, 6) is 0.0621. The SMILES string of the molecule is CCOc1ccccc1NC(=O)CCCCCN1C(=O)C(=Cc2ccc(C(=O)OC)cc2)SC1=S. The van der Waals surface area contributed by atoms with Crippen LogP contribution < -0.4 is 10.1 Å². The van der Waals surface area contributed by atoms with Crippen LogP contribution in [0.25, 0.3) is 6.08 Å². The smallest absolute Gasteiger partial charge is 0.337 e. The summed E-state index contributed by atoms with van der Waals surface area (Å²) in [6.45, 7) is 2.94. The minimum absolute atomic E-state index is 0.0658. The topological polar surface area (TPSA) is 84.9 Å². The van der Waals surface area contributed by atoms with Crippen LogP contribution in [0.3, 0.4) is 0 Å². The first-order valence-electron chi connectivity index (χ1n) is 11.4. The maximum atomic E-state index is 12.8. The number of ether oxygens (including phenoxy) is 2. The number of hydrogen-bond acceptors (Lipinski definition) is 7. The summed E-state index contributed by atoms with van der Waals surface area (Å²) in [6.07, 6.45) is 4.41. The lowest BCUT2D eigenvalue weighted by Crippen LogP contribution is -2.29. The van der Waals surface area contributed by atoms with Gasteiger partial charge in [-0.3, -0.25) is 14.5 Å². The van der Waals surface area contributed by atoms with E-state index in [-0.39, 0.29) is 11.8 Å². The highest BCUT2D eigenvalue weighted by molar-refractivity contribution is 8.26. The van der Waals surface area contributed by atoms with Crippen LogP contribution in [0.5, 0.6) is 5.75 Å². The Morgan fingerprint density at radius 3 is 2.54 bits per heavy atom. The van der Waals surface area contributed by atoms with Crippen LogP contribution in [0, 0.1) is 0 Å². The Bertz CT molecular complexity index is 1110. The van der Waals surface area contributed by atoms with E-state index in [1.807, 2.05) is 31.2 Å². The van der Waals surface area contributed by atoms with Crippen LogP contribution in [0.2, 0.25) is 0 Å². The molecule has 0 aliphatic carbocycles. The summed E-state index contributed by atoms with van der Waals surface area (Å²) >= 11 is 6.67. The van der Waals surface area contributed by atoms with Gasteiger partial charge in [0.2, 0.25) is 5.91 Å². The van der Waals surface area contributed by atoms with Crippen LogP contribution >= 0.6 is 24.0 Å². The van der Waals surface area contributed by atoms with Gasteiger partial charge in [0.25, 0.3) is 5.91 Å². The van der Waals surface area contributed by atoms with E-state index < -0.39 is 5.97 Å². The van der Waals surface area contributed by atoms with Crippen LogP contribution in [-0.2, 0) is 14.3 Å². The third-order valence-electron chi connectivity index (χ3n) is 5.25. The number of nitrogens with zero attached hydrogens (tertiary/aromatic N) is 1. The number of esters is 1. The first-order chi connectivity index (χ1) is 16.9. The molecule has 1 N–H and O–H groups in total. The number of unbranched alkanes of at least 4 members (excludes halogenated alkanes) is 2. The van der Waals surface area contributed by atoms with Crippen LogP contribution in [-0.4, -0.2) is 47.3 Å². The zero-order valence-corrected chi connectivity index (χ0v) is 21.4. The van der Waals surface area contributed by atoms with Crippen molar-refractivity contribution in [1.82, 2.24) is 4.90 Å². The summed E-state index contributed by atoms with van der Waals surface area (Å²) in [4.78, 5) is 38.8. The molecule has 35 heavy (non-hydrogen) atoms. The molecule has 0 saturated carbocycles. The molecule has 1 aliphatic rings. The maximum Gasteiger partial charge on any atom is 0.337 e. The monoisotopic (exact) mass is 512 g/mol. The third kappa shape index (κ3) is 7.40. The number of carbonyl (C=O) groups is 3. The molecule has 1 saturated heterocycles. The molecular formula is C26H28N2O5S2. The number of rotatable bonds is 11. The van der Waals surface area contributed by atoms with Gasteiger partial charge in [0.05, 0.1) is 29.9 Å². The highest BCUT2D eigenvalue weighted by Gasteiger charge is 2.31. The second-order valence-corrected chi connectivity index (χ2v) is 9.41. The predicted octanol–water partition coefficient (Wildman–Crippen LogP) is 5.27. The summed E-state index contributed by atoms with van der Waals surface area (Å²) in [5, 5.41) is 2.90. The van der Waals surface area contributed by atoms with Crippen molar-refractivity contribution in [3.63, 3.8) is 0 Å². The molecule has 0 bridgehead atoms. The molecule has 0 unspecified atom stereocenters. The van der Waals surface area contributed by atoms with Crippen molar-refractivity contribution in [3.8, 4) is 5.75 Å². The lowest BCUT2D eigenvalue weighted by Gasteiger charge is -2.14. The molecular weight excluding hydrogens is 484 g/mol. The number of thioether (sulfide) groups is 1. The van der Waals surface area contributed by atoms with E-state index in [1.54, 1.807) is 35.2 Å². The van der Waals surface area contributed by atoms with Gasteiger partial charge in [-0.15, -0.1) is 0 Å². The predicted molar refractivity (Wildman–Crippen MR) is 142 cm³/mol. The fraction of sp³-hybridized carbons (Fsp3) is 0.308. The Kier molecular flexibility index (Phi) is 9.86. The number of hydrogen-bond donors (Lipinski definition) is 1. The van der Waals surface area contributed by atoms with Gasteiger partial charge in [-0.2, -0.15) is 0 Å². The van der Waals surface area contributed by atoms with Gasteiger partial charge < -0.3 is 14.8 Å². The molecule has 0 aromatic heterocycles. The van der Waals surface area contributed by atoms with Gasteiger partial charge in [-0.1, -0.05) is 54.7 Å². The van der Waals surface area contributed by atoms with Crippen molar-refractivity contribution in [1.29, 1.82) is 0 Å². The largest absolute Gasteiger partial charge is 0.492 e. The molecule has 0 spiro atoms. The van der Waals surface area contributed by atoms with Crippen molar-refractivity contribution in [2.75, 3.05) is 25.6 Å². The van der Waals surface area contributed by atoms with Crippen molar-refractivity contribution in [3.05, 3.63) is 64.6 Å². The minimum atomic E-state index is -0.407. The van der Waals surface area contributed by atoms with Crippen LogP contribution in [0.15, 0.2) is 53.4 Å². The Morgan fingerprint density at radius 1 is 1.09 bits per heavy atom. The molecule has 9 heteroatoms. The Morgan fingerprint density at radius 2 is 1.83 bits per heavy atom. The summed E-state index contributed by atoms with van der Waals surface area (Å²) in [5.41, 5.74) is 1.92. The lowest BCUT2D eigenvalue weighted by atomic mass is 10.1. The number of benzene rings is 2. The van der Waals surface area contributed by atoms with Crippen molar-refractivity contribution in [2.45, 2.75) is 32.6 Å². The third-order valence-corrected chi connectivity index (χ3v) is 6.63. The van der Waals surface area contributed by atoms with Crippen LogP contribution in [0.4, 0.5) is 5.69 Å². The summed E-state index contributed by atoms with van der Waals surface area (Å²) in [6, 6.07) is 14.2. The number of carbonyl (C=O) groups excluding carboxylic acids is 3. The fourth-order valence-corrected chi connectivity index (χ4v) is 4.78. The zero-order valence-electron chi connectivity index (χ0n) is 19.7. The van der Waals surface area contributed by atoms with Crippen LogP contribution in [0.1, 0.15) is 48.5 Å². The minimum Gasteiger partial charge on any atom is -0.492 e. The highest BCUT2D eigenvalue weighted by atomic mass is 32.2. The van der Waals surface area contributed by atoms with E-state index in [9.17, 15) is 14.4 Å². The highest BCUT2D eigenvalue weighted by Crippen LogP contribution is 2.33. The number of amides is 2. The molecule has 0 atom stereocenters. The number of thiocarbonyl (C=S) groups is 1. The molecule has 2 aromatic rings. The van der Waals surface area contributed by atoms with Gasteiger partial charge in [-0.25, -0.2) is 4.79 Å². The zero-order chi connectivity index (χ0) is 25.2. The lowest BCUT2D eigenvalue weighted by molar-refractivity contribution is -0.122. The second kappa shape index (κ2) is 13.1. The molecule has 2 aromatic carbocycles. The fourth-order valence-electron chi connectivity index (χ4n) is 3.47. The number of para-hydroxylation sites is 2. The number of anilines is 1. The molecule has 1 aliphatic heterocycles. The maximum absolute atomic E-state index is 12.8. The van der Waals surface area contributed by atoms with Gasteiger partial charge in [0.1, 0.15) is 10.1 Å². The van der Waals surface area contributed by atoms with Crippen molar-refractivity contribution < 1.29 is 23.9 Å². The van der Waals surface area contributed by atoms with Gasteiger partial charge >= 0.3 is 5.97 Å². The molecule has 7 nitrogen and oxygen atoms in total. The molecule has 1 fully saturated rings. The van der Waals surface area contributed by atoms with E-state index in [2.05, 4.69) is 5.32 Å². The second-order valence-electron chi connectivity index (χ2n) is 7.73. The van der Waals surface area contributed by atoms with E-state index >= 15 is 0 Å².